The molecule has 0 bridgehead atoms. The first-order valence-corrected chi connectivity index (χ1v) is 7.80. The summed E-state index contributed by atoms with van der Waals surface area (Å²) in [6.45, 7) is 1.61. The van der Waals surface area contributed by atoms with Crippen LogP contribution in [0.3, 0.4) is 0 Å². The number of hydrogen-bond acceptors (Lipinski definition) is 6. The van der Waals surface area contributed by atoms with E-state index in [1.807, 2.05) is 0 Å². The Morgan fingerprint density at radius 1 is 0.625 bits per heavy atom. The zero-order valence-corrected chi connectivity index (χ0v) is 13.9. The maximum Gasteiger partial charge on any atom is 0.317 e. The smallest absolute Gasteiger partial charge is 0.317 e. The normalized spacial score (nSPS) is 11.0. The van der Waals surface area contributed by atoms with E-state index in [-0.39, 0.29) is 32.0 Å². The first-order chi connectivity index (χ1) is 11.2. The number of nitrogens with zero attached hydrogens (tertiary/aromatic N) is 2. The van der Waals surface area contributed by atoms with Gasteiger partial charge in [0.05, 0.1) is 26.2 Å². The zero-order valence-electron chi connectivity index (χ0n) is 13.9. The molecule has 0 radical (unpaired) electrons. The summed E-state index contributed by atoms with van der Waals surface area (Å²) in [4.78, 5) is 46.1. The molecular formula is C15H26N2O7. The van der Waals surface area contributed by atoms with E-state index in [0.29, 0.717) is 19.5 Å². The van der Waals surface area contributed by atoms with E-state index in [1.165, 1.54) is 11.8 Å². The van der Waals surface area contributed by atoms with Crippen molar-refractivity contribution in [1.82, 2.24) is 9.80 Å². The van der Waals surface area contributed by atoms with Gasteiger partial charge in [0, 0.05) is 0 Å². The molecule has 138 valence electrons. The molecule has 0 atom stereocenters. The van der Waals surface area contributed by atoms with E-state index in [9.17, 15) is 19.2 Å². The molecule has 0 aliphatic rings. The van der Waals surface area contributed by atoms with Crippen LogP contribution >= 0.6 is 0 Å². The molecule has 0 saturated carbocycles. The van der Waals surface area contributed by atoms with Crippen LogP contribution in [0, 0.1) is 0 Å². The molecular weight excluding hydrogens is 320 g/mol. The van der Waals surface area contributed by atoms with Gasteiger partial charge in [0.25, 0.3) is 0 Å². The Balaban J connectivity index is 3.99. The number of Topliss-reactive ketones (excluding diaryl/α,β-unsaturated/α-hetero) is 1. The van der Waals surface area contributed by atoms with Crippen LogP contribution in [-0.4, -0.2) is 88.1 Å². The predicted molar refractivity (Wildman–Crippen MR) is 84.9 cm³/mol. The lowest BCUT2D eigenvalue weighted by Gasteiger charge is -2.19. The molecule has 0 amide bonds. The van der Waals surface area contributed by atoms with Gasteiger partial charge in [0.2, 0.25) is 0 Å². The van der Waals surface area contributed by atoms with Gasteiger partial charge in [-0.3, -0.25) is 29.0 Å². The Labute approximate surface area is 140 Å². The molecule has 0 fully saturated rings. The van der Waals surface area contributed by atoms with Gasteiger partial charge in [-0.2, -0.15) is 0 Å². The van der Waals surface area contributed by atoms with Gasteiger partial charge >= 0.3 is 17.9 Å². The minimum absolute atomic E-state index is 0.0887. The number of hydrogen-bond donors (Lipinski definition) is 3. The highest BCUT2D eigenvalue weighted by Crippen LogP contribution is 2.04. The third-order valence-corrected chi connectivity index (χ3v) is 3.22. The average molecular weight is 346 g/mol. The Kier molecular flexibility index (Phi) is 11.4. The molecule has 3 N–H and O–H groups in total. The van der Waals surface area contributed by atoms with Crippen molar-refractivity contribution in [2.24, 2.45) is 0 Å². The molecule has 0 aliphatic heterocycles. The number of unbranched alkanes of at least 4 members (excludes halogenated alkanes) is 3. The number of carboxylic acids is 3. The van der Waals surface area contributed by atoms with Gasteiger partial charge in [0.1, 0.15) is 5.78 Å². The van der Waals surface area contributed by atoms with Crippen LogP contribution in [-0.2, 0) is 19.2 Å². The van der Waals surface area contributed by atoms with Crippen LogP contribution in [0.2, 0.25) is 0 Å². The zero-order chi connectivity index (χ0) is 18.5. The molecule has 9 nitrogen and oxygen atoms in total. The van der Waals surface area contributed by atoms with Gasteiger partial charge in [0.15, 0.2) is 0 Å². The Morgan fingerprint density at radius 2 is 0.958 bits per heavy atom. The molecule has 24 heavy (non-hydrogen) atoms. The molecule has 0 aromatic heterocycles. The summed E-state index contributed by atoms with van der Waals surface area (Å²) in [5.74, 6) is -3.20. The first kappa shape index (κ1) is 22.0. The highest BCUT2D eigenvalue weighted by Gasteiger charge is 2.13. The summed E-state index contributed by atoms with van der Waals surface area (Å²) in [7, 11) is 0. The summed E-state index contributed by atoms with van der Waals surface area (Å²) in [5, 5.41) is 26.2. The lowest BCUT2D eigenvalue weighted by atomic mass is 10.1. The minimum atomic E-state index is -1.07. The average Bonchev–Trinajstić information content (AvgIpc) is 2.39. The van der Waals surface area contributed by atoms with Crippen molar-refractivity contribution in [2.45, 2.75) is 32.6 Å². The molecule has 0 aromatic rings. The molecule has 0 aromatic carbocycles. The molecule has 9 heteroatoms. The Bertz CT molecular complexity index is 368. The summed E-state index contributed by atoms with van der Waals surface area (Å²) in [6.07, 6.45) is 2.95. The third kappa shape index (κ3) is 13.6. The predicted octanol–water partition coefficient (Wildman–Crippen LogP) is -0.00640. The largest absolute Gasteiger partial charge is 0.480 e. The van der Waals surface area contributed by atoms with Crippen molar-refractivity contribution >= 4 is 23.7 Å². The standard InChI is InChI=1S/C15H26N2O7/c1-12(18)8-16(9-13(19)20)6-4-2-3-5-7-17(10-14(21)22)11-15(23)24/h2-11H2,1H3,(H,19,20)(H,21,22)(H,23,24). The quantitative estimate of drug-likeness (QED) is 0.350. The Hall–Kier alpha value is -2.00. The van der Waals surface area contributed by atoms with Crippen molar-refractivity contribution < 1.29 is 34.5 Å². The van der Waals surface area contributed by atoms with Crippen molar-refractivity contribution in [2.75, 3.05) is 39.3 Å². The van der Waals surface area contributed by atoms with E-state index in [0.717, 1.165) is 19.3 Å². The van der Waals surface area contributed by atoms with Gasteiger partial charge < -0.3 is 15.3 Å². The minimum Gasteiger partial charge on any atom is -0.480 e. The number of aliphatic carboxylic acids is 3. The van der Waals surface area contributed by atoms with Crippen molar-refractivity contribution in [3.63, 3.8) is 0 Å². The lowest BCUT2D eigenvalue weighted by Crippen LogP contribution is -2.35. The van der Waals surface area contributed by atoms with E-state index in [2.05, 4.69) is 0 Å². The number of carboxylic acid groups (broad SMARTS) is 3. The second-order valence-electron chi connectivity index (χ2n) is 5.72. The maximum absolute atomic E-state index is 11.1. The van der Waals surface area contributed by atoms with Gasteiger partial charge in [-0.25, -0.2) is 0 Å². The van der Waals surface area contributed by atoms with E-state index >= 15 is 0 Å². The highest BCUT2D eigenvalue weighted by atomic mass is 16.4. The summed E-state index contributed by atoms with van der Waals surface area (Å²) in [5.41, 5.74) is 0. The summed E-state index contributed by atoms with van der Waals surface area (Å²) in [6, 6.07) is 0. The van der Waals surface area contributed by atoms with Crippen LogP contribution < -0.4 is 0 Å². The van der Waals surface area contributed by atoms with Crippen LogP contribution in [0.15, 0.2) is 0 Å². The van der Waals surface area contributed by atoms with Crippen LogP contribution in [0.5, 0.6) is 0 Å². The van der Waals surface area contributed by atoms with Gasteiger partial charge in [-0.15, -0.1) is 0 Å². The molecule has 0 spiro atoms. The van der Waals surface area contributed by atoms with Gasteiger partial charge in [-0.1, -0.05) is 12.8 Å². The molecule has 0 unspecified atom stereocenters. The fourth-order valence-corrected chi connectivity index (χ4v) is 2.34. The van der Waals surface area contributed by atoms with E-state index < -0.39 is 17.9 Å². The molecule has 0 heterocycles. The molecule has 0 saturated heterocycles. The summed E-state index contributed by atoms with van der Waals surface area (Å²) < 4.78 is 0. The fourth-order valence-electron chi connectivity index (χ4n) is 2.34. The van der Waals surface area contributed by atoms with Crippen molar-refractivity contribution in [1.29, 1.82) is 0 Å². The molecule has 0 rings (SSSR count). The second-order valence-corrected chi connectivity index (χ2v) is 5.72. The first-order valence-electron chi connectivity index (χ1n) is 7.80. The maximum atomic E-state index is 11.1. The number of rotatable bonds is 15. The molecule has 0 aliphatic carbocycles. The third-order valence-electron chi connectivity index (χ3n) is 3.22. The second kappa shape index (κ2) is 12.4. The monoisotopic (exact) mass is 346 g/mol. The van der Waals surface area contributed by atoms with Crippen LogP contribution in [0.1, 0.15) is 32.6 Å². The highest BCUT2D eigenvalue weighted by molar-refractivity contribution is 5.78. The number of carbonyl (C=O) groups is 4. The topological polar surface area (TPSA) is 135 Å². The number of carbonyl (C=O) groups excluding carboxylic acids is 1. The summed E-state index contributed by atoms with van der Waals surface area (Å²) >= 11 is 0. The van der Waals surface area contributed by atoms with E-state index in [4.69, 9.17) is 15.3 Å². The fraction of sp³-hybridized carbons (Fsp3) is 0.733. The van der Waals surface area contributed by atoms with E-state index in [1.54, 1.807) is 4.90 Å². The van der Waals surface area contributed by atoms with Crippen LogP contribution in [0.4, 0.5) is 0 Å². The van der Waals surface area contributed by atoms with Crippen molar-refractivity contribution in [3.05, 3.63) is 0 Å². The number of ketones is 1. The lowest BCUT2D eigenvalue weighted by molar-refractivity contribution is -0.142. The van der Waals surface area contributed by atoms with Crippen LogP contribution in [0.25, 0.3) is 0 Å². The Morgan fingerprint density at radius 3 is 1.25 bits per heavy atom. The SMILES string of the molecule is CC(=O)CN(CCCCCCN(CC(=O)O)CC(=O)O)CC(=O)O. The van der Waals surface area contributed by atoms with Gasteiger partial charge in [-0.05, 0) is 32.9 Å². The van der Waals surface area contributed by atoms with Crippen molar-refractivity contribution in [3.8, 4) is 0 Å².